The molecule has 130 valence electrons. The van der Waals surface area contributed by atoms with Crippen molar-refractivity contribution < 1.29 is 9.59 Å². The maximum absolute atomic E-state index is 13.2. The molecule has 4 nitrogen and oxygen atoms in total. The molecule has 2 aliphatic rings. The first-order valence-electron chi connectivity index (χ1n) is 8.15. The zero-order valence-electron chi connectivity index (χ0n) is 14.6. The Kier molecular flexibility index (Phi) is 3.97. The standard InChI is InChI=1S/C20H16N2O2S2/c1-11-8-9-14(12(2)10-11)22-19(24)17(26-20(22)25)16-13-6-4-5-7-15(13)21(3)18(16)23/h4-10H,1-3H3. The number of thioether (sulfide) groups is 1. The molecule has 0 spiro atoms. The number of hydrogen-bond donors (Lipinski definition) is 0. The molecule has 0 radical (unpaired) electrons. The third kappa shape index (κ3) is 2.40. The summed E-state index contributed by atoms with van der Waals surface area (Å²) in [6.07, 6.45) is 0. The number of anilines is 2. The van der Waals surface area contributed by atoms with Crippen molar-refractivity contribution in [2.24, 2.45) is 0 Å². The minimum atomic E-state index is -0.236. The van der Waals surface area contributed by atoms with Crippen molar-refractivity contribution in [2.45, 2.75) is 13.8 Å². The number of aryl methyl sites for hydroxylation is 2. The second-order valence-corrected chi connectivity index (χ2v) is 8.03. The Bertz CT molecular complexity index is 1030. The summed E-state index contributed by atoms with van der Waals surface area (Å²) in [6, 6.07) is 13.4. The number of para-hydroxylation sites is 1. The summed E-state index contributed by atoms with van der Waals surface area (Å²) < 4.78 is 0.448. The van der Waals surface area contributed by atoms with Gasteiger partial charge in [0.15, 0.2) is 4.32 Å². The van der Waals surface area contributed by atoms with Gasteiger partial charge < -0.3 is 4.90 Å². The van der Waals surface area contributed by atoms with Crippen molar-refractivity contribution in [1.82, 2.24) is 0 Å². The zero-order chi connectivity index (χ0) is 18.6. The van der Waals surface area contributed by atoms with Gasteiger partial charge in [-0.25, -0.2) is 0 Å². The van der Waals surface area contributed by atoms with E-state index in [-0.39, 0.29) is 11.8 Å². The molecule has 2 aromatic carbocycles. The fourth-order valence-corrected chi connectivity index (χ4v) is 4.73. The lowest BCUT2D eigenvalue weighted by molar-refractivity contribution is -0.115. The summed E-state index contributed by atoms with van der Waals surface area (Å²) >= 11 is 6.68. The maximum atomic E-state index is 13.2. The summed E-state index contributed by atoms with van der Waals surface area (Å²) in [6.45, 7) is 3.96. The van der Waals surface area contributed by atoms with Gasteiger partial charge in [-0.1, -0.05) is 59.9 Å². The van der Waals surface area contributed by atoms with Crippen LogP contribution in [0.3, 0.4) is 0 Å². The minimum Gasteiger partial charge on any atom is -0.311 e. The molecule has 0 bridgehead atoms. The van der Waals surface area contributed by atoms with Crippen LogP contribution in [0, 0.1) is 13.8 Å². The molecular formula is C20H16N2O2S2. The molecule has 0 aliphatic carbocycles. The lowest BCUT2D eigenvalue weighted by Crippen LogP contribution is -2.29. The second kappa shape index (κ2) is 6.07. The smallest absolute Gasteiger partial charge is 0.271 e. The van der Waals surface area contributed by atoms with Crippen LogP contribution in [0.15, 0.2) is 47.4 Å². The number of rotatable bonds is 1. The van der Waals surface area contributed by atoms with E-state index < -0.39 is 0 Å². The van der Waals surface area contributed by atoms with Crippen LogP contribution >= 0.6 is 24.0 Å². The van der Waals surface area contributed by atoms with Gasteiger partial charge in [0.2, 0.25) is 0 Å². The Morgan fingerprint density at radius 2 is 1.69 bits per heavy atom. The van der Waals surface area contributed by atoms with Gasteiger partial charge in [-0.05, 0) is 31.5 Å². The highest BCUT2D eigenvalue weighted by molar-refractivity contribution is 8.27. The molecule has 6 heteroatoms. The van der Waals surface area contributed by atoms with Gasteiger partial charge in [0, 0.05) is 12.6 Å². The lowest BCUT2D eigenvalue weighted by atomic mass is 10.1. The first-order chi connectivity index (χ1) is 12.4. The Hall–Kier alpha value is -2.44. The zero-order valence-corrected chi connectivity index (χ0v) is 16.2. The van der Waals surface area contributed by atoms with E-state index in [0.29, 0.717) is 14.8 Å². The van der Waals surface area contributed by atoms with E-state index in [4.69, 9.17) is 12.2 Å². The number of fused-ring (bicyclic) bond motifs is 1. The van der Waals surface area contributed by atoms with Gasteiger partial charge in [-0.15, -0.1) is 0 Å². The van der Waals surface area contributed by atoms with Gasteiger partial charge in [0.25, 0.3) is 11.8 Å². The minimum absolute atomic E-state index is 0.174. The Morgan fingerprint density at radius 1 is 0.962 bits per heavy atom. The predicted molar refractivity (Wildman–Crippen MR) is 110 cm³/mol. The topological polar surface area (TPSA) is 40.6 Å². The van der Waals surface area contributed by atoms with E-state index >= 15 is 0 Å². The SMILES string of the molecule is Cc1ccc(N2C(=O)C(=C3C(=O)N(C)c4ccccc43)SC2=S)c(C)c1. The Labute approximate surface area is 161 Å². The highest BCUT2D eigenvalue weighted by atomic mass is 32.2. The highest BCUT2D eigenvalue weighted by Gasteiger charge is 2.41. The molecular weight excluding hydrogens is 364 g/mol. The number of benzene rings is 2. The van der Waals surface area contributed by atoms with Crippen LogP contribution in [0.25, 0.3) is 5.57 Å². The van der Waals surface area contributed by atoms with Crippen molar-refractivity contribution >= 4 is 57.1 Å². The normalized spacial score (nSPS) is 19.6. The van der Waals surface area contributed by atoms with Crippen LogP contribution in [0.1, 0.15) is 16.7 Å². The molecule has 2 heterocycles. The average Bonchev–Trinajstić information content (AvgIpc) is 3.03. The molecule has 1 saturated heterocycles. The number of carbonyl (C=O) groups is 2. The number of hydrogen-bond acceptors (Lipinski definition) is 4. The summed E-state index contributed by atoms with van der Waals surface area (Å²) in [5.74, 6) is -0.410. The second-order valence-electron chi connectivity index (χ2n) is 6.38. The first-order valence-corrected chi connectivity index (χ1v) is 9.38. The first kappa shape index (κ1) is 17.0. The molecule has 26 heavy (non-hydrogen) atoms. The Balaban J connectivity index is 1.86. The van der Waals surface area contributed by atoms with Crippen molar-refractivity contribution in [3.05, 3.63) is 64.1 Å². The number of amides is 2. The van der Waals surface area contributed by atoms with Gasteiger partial charge >= 0.3 is 0 Å². The number of nitrogens with zero attached hydrogens (tertiary/aromatic N) is 2. The molecule has 0 atom stereocenters. The summed E-state index contributed by atoms with van der Waals surface area (Å²) in [5.41, 5.74) is 4.89. The maximum Gasteiger partial charge on any atom is 0.271 e. The number of carbonyl (C=O) groups excluding carboxylic acids is 2. The van der Waals surface area contributed by atoms with E-state index in [1.54, 1.807) is 11.9 Å². The van der Waals surface area contributed by atoms with Crippen molar-refractivity contribution in [2.75, 3.05) is 16.8 Å². The van der Waals surface area contributed by atoms with E-state index in [1.807, 2.05) is 56.3 Å². The van der Waals surface area contributed by atoms with Crippen molar-refractivity contribution in [1.29, 1.82) is 0 Å². The third-order valence-electron chi connectivity index (χ3n) is 4.64. The number of thiocarbonyl (C=S) groups is 1. The molecule has 4 rings (SSSR count). The van der Waals surface area contributed by atoms with Gasteiger partial charge in [0.05, 0.1) is 21.9 Å². The van der Waals surface area contributed by atoms with Crippen LogP contribution in [0.5, 0.6) is 0 Å². The molecule has 0 saturated carbocycles. The van der Waals surface area contributed by atoms with Crippen LogP contribution in [0.2, 0.25) is 0 Å². The monoisotopic (exact) mass is 380 g/mol. The average molecular weight is 380 g/mol. The summed E-state index contributed by atoms with van der Waals surface area (Å²) in [4.78, 5) is 29.5. The van der Waals surface area contributed by atoms with Crippen LogP contribution in [-0.4, -0.2) is 23.2 Å². The van der Waals surface area contributed by atoms with Crippen LogP contribution in [0.4, 0.5) is 11.4 Å². The van der Waals surface area contributed by atoms with Crippen LogP contribution < -0.4 is 9.80 Å². The number of likely N-dealkylation sites (N-methyl/N-ethyl adjacent to an activating group) is 1. The third-order valence-corrected chi connectivity index (χ3v) is 6.02. The van der Waals surface area contributed by atoms with E-state index in [0.717, 1.165) is 28.1 Å². The highest BCUT2D eigenvalue weighted by Crippen LogP contribution is 2.45. The van der Waals surface area contributed by atoms with E-state index in [9.17, 15) is 9.59 Å². The van der Waals surface area contributed by atoms with Gasteiger partial charge in [-0.2, -0.15) is 0 Å². The lowest BCUT2D eigenvalue weighted by Gasteiger charge is -2.17. The van der Waals surface area contributed by atoms with Gasteiger partial charge in [0.1, 0.15) is 0 Å². The van der Waals surface area contributed by atoms with E-state index in [2.05, 4.69) is 0 Å². The van der Waals surface area contributed by atoms with Crippen molar-refractivity contribution in [3.63, 3.8) is 0 Å². The molecule has 0 N–H and O–H groups in total. The fraction of sp³-hybridized carbons (Fsp3) is 0.150. The van der Waals surface area contributed by atoms with Crippen molar-refractivity contribution in [3.8, 4) is 0 Å². The Morgan fingerprint density at radius 3 is 2.42 bits per heavy atom. The largest absolute Gasteiger partial charge is 0.311 e. The van der Waals surface area contributed by atoms with Crippen LogP contribution in [-0.2, 0) is 9.59 Å². The van der Waals surface area contributed by atoms with E-state index in [1.165, 1.54) is 16.7 Å². The molecule has 2 amide bonds. The van der Waals surface area contributed by atoms with Gasteiger partial charge in [-0.3, -0.25) is 14.5 Å². The quantitative estimate of drug-likeness (QED) is 0.553. The summed E-state index contributed by atoms with van der Waals surface area (Å²) in [7, 11) is 1.72. The molecule has 0 unspecified atom stereocenters. The fourth-order valence-electron chi connectivity index (χ4n) is 3.37. The molecule has 0 aromatic heterocycles. The molecule has 1 fully saturated rings. The molecule has 2 aromatic rings. The summed E-state index contributed by atoms with van der Waals surface area (Å²) in [5, 5.41) is 0. The molecule has 2 aliphatic heterocycles. The predicted octanol–water partition coefficient (Wildman–Crippen LogP) is 4.06.